The van der Waals surface area contributed by atoms with Gasteiger partial charge in [-0.2, -0.15) is 0 Å². The number of hydrogen-bond acceptors (Lipinski definition) is 5. The molecule has 6 heteroatoms. The van der Waals surface area contributed by atoms with E-state index < -0.39 is 0 Å². The molecule has 0 bridgehead atoms. The summed E-state index contributed by atoms with van der Waals surface area (Å²) >= 11 is 1.58. The number of hydrogen-bond donors (Lipinski definition) is 1. The van der Waals surface area contributed by atoms with Crippen molar-refractivity contribution in [1.29, 1.82) is 0 Å². The van der Waals surface area contributed by atoms with Gasteiger partial charge in [0.1, 0.15) is 5.75 Å². The van der Waals surface area contributed by atoms with Crippen molar-refractivity contribution in [1.82, 2.24) is 14.9 Å². The van der Waals surface area contributed by atoms with Crippen LogP contribution >= 0.6 is 11.8 Å². The van der Waals surface area contributed by atoms with Crippen LogP contribution in [0.1, 0.15) is 30.1 Å². The normalized spacial score (nSPS) is 14.6. The number of benzene rings is 1. The van der Waals surface area contributed by atoms with E-state index in [0.717, 1.165) is 28.0 Å². The number of rotatable bonds is 5. The number of nitrogen functional groups attached to an aromatic ring is 1. The fraction of sp³-hybridized carbons (Fsp3) is 0.385. The molecule has 1 aromatic carbocycles. The Kier molecular flexibility index (Phi) is 3.33. The van der Waals surface area contributed by atoms with Crippen LogP contribution in [0.25, 0.3) is 0 Å². The highest BCUT2D eigenvalue weighted by Gasteiger charge is 2.29. The Morgan fingerprint density at radius 2 is 2.16 bits per heavy atom. The van der Waals surface area contributed by atoms with Crippen molar-refractivity contribution in [3.05, 3.63) is 35.7 Å². The fourth-order valence-corrected chi connectivity index (χ4v) is 2.83. The zero-order valence-electron chi connectivity index (χ0n) is 10.7. The molecule has 0 radical (unpaired) electrons. The van der Waals surface area contributed by atoms with Crippen LogP contribution in [-0.4, -0.2) is 22.0 Å². The number of ether oxygens (including phenoxy) is 1. The summed E-state index contributed by atoms with van der Waals surface area (Å²) in [5.41, 5.74) is 1.13. The molecule has 1 aliphatic rings. The van der Waals surface area contributed by atoms with Gasteiger partial charge < -0.3 is 10.6 Å². The minimum atomic E-state index is 0.512. The molecule has 1 fully saturated rings. The third-order valence-electron chi connectivity index (χ3n) is 3.18. The Hall–Kier alpha value is -1.69. The predicted octanol–water partition coefficient (Wildman–Crippen LogP) is 2.17. The van der Waals surface area contributed by atoms with Crippen molar-refractivity contribution in [3.63, 3.8) is 0 Å². The Morgan fingerprint density at radius 1 is 1.37 bits per heavy atom. The number of nitrogens with zero attached hydrogens (tertiary/aromatic N) is 3. The monoisotopic (exact) mass is 276 g/mol. The van der Waals surface area contributed by atoms with Gasteiger partial charge in [0.05, 0.1) is 7.11 Å². The van der Waals surface area contributed by atoms with E-state index in [0.29, 0.717) is 5.92 Å². The smallest absolute Gasteiger partial charge is 0.210 e. The van der Waals surface area contributed by atoms with Gasteiger partial charge >= 0.3 is 0 Å². The molecule has 5 nitrogen and oxygen atoms in total. The molecule has 0 amide bonds. The van der Waals surface area contributed by atoms with E-state index in [2.05, 4.69) is 10.2 Å². The average Bonchev–Trinajstić information content (AvgIpc) is 3.21. The number of thioether (sulfide) groups is 1. The van der Waals surface area contributed by atoms with Crippen LogP contribution in [0.15, 0.2) is 29.4 Å². The second-order valence-electron chi connectivity index (χ2n) is 4.59. The Morgan fingerprint density at radius 3 is 2.89 bits per heavy atom. The van der Waals surface area contributed by atoms with E-state index in [9.17, 15) is 0 Å². The highest BCUT2D eigenvalue weighted by Crippen LogP contribution is 2.39. The van der Waals surface area contributed by atoms with Crippen LogP contribution in [0.2, 0.25) is 0 Å². The summed E-state index contributed by atoms with van der Waals surface area (Å²) < 4.78 is 6.95. The van der Waals surface area contributed by atoms with Gasteiger partial charge in [-0.1, -0.05) is 30.0 Å². The summed E-state index contributed by atoms with van der Waals surface area (Å²) in [5.74, 6) is 9.09. The zero-order chi connectivity index (χ0) is 13.2. The van der Waals surface area contributed by atoms with Crippen LogP contribution in [0, 0.1) is 0 Å². The van der Waals surface area contributed by atoms with E-state index in [1.165, 1.54) is 12.8 Å². The van der Waals surface area contributed by atoms with Gasteiger partial charge in [-0.15, -0.1) is 10.2 Å². The van der Waals surface area contributed by atoms with Crippen molar-refractivity contribution >= 4 is 11.8 Å². The summed E-state index contributed by atoms with van der Waals surface area (Å²) in [5, 5.41) is 9.08. The van der Waals surface area contributed by atoms with Gasteiger partial charge in [-0.25, -0.2) is 4.68 Å². The van der Waals surface area contributed by atoms with Gasteiger partial charge in [0.15, 0.2) is 5.82 Å². The van der Waals surface area contributed by atoms with Crippen molar-refractivity contribution < 1.29 is 4.74 Å². The highest BCUT2D eigenvalue weighted by atomic mass is 32.2. The van der Waals surface area contributed by atoms with Crippen LogP contribution in [-0.2, 0) is 5.75 Å². The minimum Gasteiger partial charge on any atom is -0.496 e. The lowest BCUT2D eigenvalue weighted by Crippen LogP contribution is -2.13. The first-order valence-electron chi connectivity index (χ1n) is 6.24. The molecule has 100 valence electrons. The first-order chi connectivity index (χ1) is 9.29. The Bertz CT molecular complexity index is 580. The molecule has 0 aliphatic heterocycles. The second kappa shape index (κ2) is 5.13. The summed E-state index contributed by atoms with van der Waals surface area (Å²) in [6.07, 6.45) is 2.35. The largest absolute Gasteiger partial charge is 0.496 e. The maximum Gasteiger partial charge on any atom is 0.210 e. The molecule has 0 unspecified atom stereocenters. The highest BCUT2D eigenvalue weighted by molar-refractivity contribution is 7.98. The van der Waals surface area contributed by atoms with Gasteiger partial charge in [-0.3, -0.25) is 0 Å². The van der Waals surface area contributed by atoms with Crippen molar-refractivity contribution in [3.8, 4) is 5.75 Å². The standard InChI is InChI=1S/C13H16N4OS/c1-18-11-5-3-2-4-10(11)8-19-13-16-15-12(17(13)14)9-6-7-9/h2-5,9H,6-8,14H2,1H3. The third kappa shape index (κ3) is 2.53. The fourth-order valence-electron chi connectivity index (χ4n) is 1.97. The molecular formula is C13H16N4OS. The van der Waals surface area contributed by atoms with Crippen LogP contribution in [0.3, 0.4) is 0 Å². The molecule has 0 saturated heterocycles. The lowest BCUT2D eigenvalue weighted by Gasteiger charge is -2.07. The van der Waals surface area contributed by atoms with Gasteiger partial charge in [0.25, 0.3) is 0 Å². The van der Waals surface area contributed by atoms with E-state index in [1.807, 2.05) is 24.3 Å². The van der Waals surface area contributed by atoms with Gasteiger partial charge in [0.2, 0.25) is 5.16 Å². The quantitative estimate of drug-likeness (QED) is 0.669. The van der Waals surface area contributed by atoms with Crippen LogP contribution in [0.4, 0.5) is 0 Å². The average molecular weight is 276 g/mol. The van der Waals surface area contributed by atoms with E-state index in [4.69, 9.17) is 10.6 Å². The lowest BCUT2D eigenvalue weighted by atomic mass is 10.2. The summed E-state index contributed by atoms with van der Waals surface area (Å²) in [6, 6.07) is 7.97. The van der Waals surface area contributed by atoms with Crippen molar-refractivity contribution in [2.24, 2.45) is 0 Å². The molecule has 1 aromatic heterocycles. The molecule has 0 spiro atoms. The number of methoxy groups -OCH3 is 1. The molecule has 19 heavy (non-hydrogen) atoms. The molecule has 1 saturated carbocycles. The molecule has 1 heterocycles. The number of nitrogens with two attached hydrogens (primary N) is 1. The minimum absolute atomic E-state index is 0.512. The maximum absolute atomic E-state index is 6.02. The van der Waals surface area contributed by atoms with Crippen molar-refractivity contribution in [2.45, 2.75) is 29.7 Å². The first kappa shape index (κ1) is 12.3. The van der Waals surface area contributed by atoms with E-state index >= 15 is 0 Å². The van der Waals surface area contributed by atoms with Crippen LogP contribution < -0.4 is 10.6 Å². The van der Waals surface area contributed by atoms with E-state index in [1.54, 1.807) is 23.5 Å². The van der Waals surface area contributed by atoms with Gasteiger partial charge in [0, 0.05) is 17.2 Å². The molecule has 2 aromatic rings. The molecular weight excluding hydrogens is 260 g/mol. The Balaban J connectivity index is 1.72. The molecule has 0 atom stereocenters. The SMILES string of the molecule is COc1ccccc1CSc1nnc(C2CC2)n1N. The predicted molar refractivity (Wildman–Crippen MR) is 74.7 cm³/mol. The third-order valence-corrected chi connectivity index (χ3v) is 4.17. The van der Waals surface area contributed by atoms with Crippen LogP contribution in [0.5, 0.6) is 5.75 Å². The van der Waals surface area contributed by atoms with Crippen molar-refractivity contribution in [2.75, 3.05) is 13.0 Å². The number of aromatic nitrogens is 3. The topological polar surface area (TPSA) is 66.0 Å². The summed E-state index contributed by atoms with van der Waals surface area (Å²) in [7, 11) is 1.68. The lowest BCUT2D eigenvalue weighted by molar-refractivity contribution is 0.411. The number of para-hydroxylation sites is 1. The second-order valence-corrected chi connectivity index (χ2v) is 5.53. The summed E-state index contributed by atoms with van der Waals surface area (Å²) in [4.78, 5) is 0. The molecule has 3 rings (SSSR count). The Labute approximate surface area is 116 Å². The molecule has 1 aliphatic carbocycles. The van der Waals surface area contributed by atoms with Gasteiger partial charge in [-0.05, 0) is 18.9 Å². The van der Waals surface area contributed by atoms with E-state index in [-0.39, 0.29) is 0 Å². The summed E-state index contributed by atoms with van der Waals surface area (Å²) in [6.45, 7) is 0. The zero-order valence-corrected chi connectivity index (χ0v) is 11.6. The first-order valence-corrected chi connectivity index (χ1v) is 7.23. The molecule has 2 N–H and O–H groups in total. The maximum atomic E-state index is 6.02.